The van der Waals surface area contributed by atoms with Gasteiger partial charge in [0, 0.05) is 22.9 Å². The number of rotatable bonds is 1. The summed E-state index contributed by atoms with van der Waals surface area (Å²) in [5.74, 6) is 0.258. The summed E-state index contributed by atoms with van der Waals surface area (Å²) in [7, 11) is 0. The van der Waals surface area contributed by atoms with Crippen molar-refractivity contribution in [1.29, 1.82) is 0 Å². The van der Waals surface area contributed by atoms with Gasteiger partial charge in [-0.1, -0.05) is 12.8 Å². The van der Waals surface area contributed by atoms with Crippen molar-refractivity contribution < 1.29 is 9.90 Å². The van der Waals surface area contributed by atoms with Gasteiger partial charge in [0.2, 0.25) is 0 Å². The second kappa shape index (κ2) is 4.50. The Morgan fingerprint density at radius 1 is 1.33 bits per heavy atom. The monoisotopic (exact) mass is 263 g/mol. The number of anilines is 1. The molecule has 1 aliphatic heterocycles. The van der Waals surface area contributed by atoms with Crippen LogP contribution in [0.2, 0.25) is 0 Å². The first kappa shape index (κ1) is 11.9. The van der Waals surface area contributed by atoms with Crippen LogP contribution in [0, 0.1) is 5.41 Å². The first-order chi connectivity index (χ1) is 8.69. The van der Waals surface area contributed by atoms with E-state index in [0.29, 0.717) is 11.0 Å². The zero-order valence-corrected chi connectivity index (χ0v) is 11.1. The third-order valence-electron chi connectivity index (χ3n) is 4.08. The Bertz CT molecular complexity index is 481. The number of carboxylic acids is 1. The molecule has 4 heteroatoms. The van der Waals surface area contributed by atoms with E-state index >= 15 is 0 Å². The highest BCUT2D eigenvalue weighted by molar-refractivity contribution is 7.99. The Labute approximate surface area is 111 Å². The minimum atomic E-state index is -0.849. The molecule has 2 N–H and O–H groups in total. The highest BCUT2D eigenvalue weighted by Crippen LogP contribution is 2.46. The van der Waals surface area contributed by atoms with Crippen LogP contribution in [0.25, 0.3) is 0 Å². The highest BCUT2D eigenvalue weighted by atomic mass is 32.2. The third kappa shape index (κ3) is 2.09. The Kier molecular flexibility index (Phi) is 2.98. The number of carboxylic acid groups (broad SMARTS) is 1. The fraction of sp³-hybridized carbons (Fsp3) is 0.500. The molecule has 0 amide bonds. The second-order valence-electron chi connectivity index (χ2n) is 5.37. The average Bonchev–Trinajstić information content (AvgIpc) is 2.75. The molecule has 2 aliphatic rings. The van der Waals surface area contributed by atoms with Crippen LogP contribution in [0.4, 0.5) is 5.69 Å². The lowest BCUT2D eigenvalue weighted by molar-refractivity contribution is 0.0696. The molecule has 1 fully saturated rings. The minimum Gasteiger partial charge on any atom is -0.478 e. The van der Waals surface area contributed by atoms with Gasteiger partial charge in [0.05, 0.1) is 5.56 Å². The molecule has 1 aromatic rings. The van der Waals surface area contributed by atoms with Crippen molar-refractivity contribution in [2.24, 2.45) is 5.41 Å². The summed E-state index contributed by atoms with van der Waals surface area (Å²) in [4.78, 5) is 12.1. The van der Waals surface area contributed by atoms with Crippen molar-refractivity contribution in [2.75, 3.05) is 17.6 Å². The minimum absolute atomic E-state index is 0.380. The van der Waals surface area contributed by atoms with Crippen molar-refractivity contribution in [2.45, 2.75) is 30.6 Å². The molecule has 0 unspecified atom stereocenters. The van der Waals surface area contributed by atoms with E-state index in [-0.39, 0.29) is 0 Å². The van der Waals surface area contributed by atoms with Crippen molar-refractivity contribution in [3.63, 3.8) is 0 Å². The van der Waals surface area contributed by atoms with Crippen molar-refractivity contribution >= 4 is 23.4 Å². The zero-order chi connectivity index (χ0) is 12.6. The van der Waals surface area contributed by atoms with Crippen molar-refractivity contribution in [3.05, 3.63) is 23.8 Å². The summed E-state index contributed by atoms with van der Waals surface area (Å²) in [6.45, 7) is 1.03. The Balaban J connectivity index is 1.87. The van der Waals surface area contributed by atoms with Gasteiger partial charge in [0.25, 0.3) is 0 Å². The Hall–Kier alpha value is -1.16. The maximum absolute atomic E-state index is 11.0. The van der Waals surface area contributed by atoms with Crippen LogP contribution in [-0.2, 0) is 0 Å². The van der Waals surface area contributed by atoms with E-state index in [2.05, 4.69) is 5.32 Å². The van der Waals surface area contributed by atoms with E-state index in [0.717, 1.165) is 22.9 Å². The number of benzene rings is 1. The third-order valence-corrected chi connectivity index (χ3v) is 5.49. The lowest BCUT2D eigenvalue weighted by atomic mass is 9.88. The maximum Gasteiger partial charge on any atom is 0.335 e. The van der Waals surface area contributed by atoms with Crippen LogP contribution in [0.5, 0.6) is 0 Å². The fourth-order valence-corrected chi connectivity index (χ4v) is 4.29. The van der Waals surface area contributed by atoms with Gasteiger partial charge < -0.3 is 10.4 Å². The number of carbonyl (C=O) groups is 1. The summed E-state index contributed by atoms with van der Waals surface area (Å²) < 4.78 is 0. The molecule has 3 rings (SSSR count). The van der Waals surface area contributed by atoms with Crippen LogP contribution in [0.1, 0.15) is 36.0 Å². The maximum atomic E-state index is 11.0. The van der Waals surface area contributed by atoms with Crippen LogP contribution in [-0.4, -0.2) is 23.4 Å². The number of aromatic carboxylic acids is 1. The van der Waals surface area contributed by atoms with Crippen LogP contribution >= 0.6 is 11.8 Å². The number of nitrogens with one attached hydrogen (secondary N) is 1. The Morgan fingerprint density at radius 2 is 2.11 bits per heavy atom. The topological polar surface area (TPSA) is 49.3 Å². The first-order valence-electron chi connectivity index (χ1n) is 6.43. The van der Waals surface area contributed by atoms with E-state index in [1.807, 2.05) is 17.8 Å². The van der Waals surface area contributed by atoms with Gasteiger partial charge in [-0.3, -0.25) is 0 Å². The van der Waals surface area contributed by atoms with E-state index in [9.17, 15) is 4.79 Å². The molecule has 1 aliphatic carbocycles. The van der Waals surface area contributed by atoms with Gasteiger partial charge >= 0.3 is 5.97 Å². The summed E-state index contributed by atoms with van der Waals surface area (Å²) >= 11 is 1.81. The number of fused-ring (bicyclic) bond motifs is 1. The second-order valence-corrected chi connectivity index (χ2v) is 6.38. The quantitative estimate of drug-likeness (QED) is 0.814. The Morgan fingerprint density at radius 3 is 2.83 bits per heavy atom. The lowest BCUT2D eigenvalue weighted by Crippen LogP contribution is -2.27. The SMILES string of the molecule is O=C(O)c1ccc2c(c1)SCC1(CCCC1)CN2. The molecular formula is C14H17NO2S. The van der Waals surface area contributed by atoms with Gasteiger partial charge in [-0.15, -0.1) is 11.8 Å². The average molecular weight is 263 g/mol. The molecule has 1 spiro atoms. The summed E-state index contributed by atoms with van der Waals surface area (Å²) in [6, 6.07) is 5.38. The summed E-state index contributed by atoms with van der Waals surface area (Å²) in [6.07, 6.45) is 5.26. The molecular weight excluding hydrogens is 246 g/mol. The highest BCUT2D eigenvalue weighted by Gasteiger charge is 2.35. The number of hydrogen-bond acceptors (Lipinski definition) is 3. The van der Waals surface area contributed by atoms with Gasteiger partial charge in [-0.25, -0.2) is 4.79 Å². The van der Waals surface area contributed by atoms with Crippen LogP contribution in [0.15, 0.2) is 23.1 Å². The van der Waals surface area contributed by atoms with Gasteiger partial charge in [0.15, 0.2) is 0 Å². The lowest BCUT2D eigenvalue weighted by Gasteiger charge is -2.26. The molecule has 1 aromatic carbocycles. The molecule has 0 aromatic heterocycles. The summed E-state index contributed by atoms with van der Waals surface area (Å²) in [5, 5.41) is 12.5. The summed E-state index contributed by atoms with van der Waals surface area (Å²) in [5.41, 5.74) is 1.90. The van der Waals surface area contributed by atoms with Crippen molar-refractivity contribution in [3.8, 4) is 0 Å². The van der Waals surface area contributed by atoms with Crippen LogP contribution in [0.3, 0.4) is 0 Å². The normalized spacial score (nSPS) is 21.1. The number of hydrogen-bond donors (Lipinski definition) is 2. The first-order valence-corrected chi connectivity index (χ1v) is 7.41. The van der Waals surface area contributed by atoms with Gasteiger partial charge in [0.1, 0.15) is 0 Å². The molecule has 1 saturated carbocycles. The molecule has 0 atom stereocenters. The van der Waals surface area contributed by atoms with E-state index in [1.165, 1.54) is 25.7 Å². The van der Waals surface area contributed by atoms with Crippen molar-refractivity contribution in [1.82, 2.24) is 0 Å². The predicted molar refractivity (Wildman–Crippen MR) is 73.5 cm³/mol. The van der Waals surface area contributed by atoms with E-state index in [4.69, 9.17) is 5.11 Å². The smallest absolute Gasteiger partial charge is 0.335 e. The predicted octanol–water partition coefficient (Wildman–Crippen LogP) is 3.46. The largest absolute Gasteiger partial charge is 0.478 e. The molecule has 96 valence electrons. The fourth-order valence-electron chi connectivity index (χ4n) is 2.93. The van der Waals surface area contributed by atoms with Gasteiger partial charge in [-0.2, -0.15) is 0 Å². The molecule has 18 heavy (non-hydrogen) atoms. The molecule has 1 heterocycles. The molecule has 3 nitrogen and oxygen atoms in total. The zero-order valence-electron chi connectivity index (χ0n) is 10.2. The number of thioether (sulfide) groups is 1. The molecule has 0 bridgehead atoms. The van der Waals surface area contributed by atoms with E-state index < -0.39 is 5.97 Å². The van der Waals surface area contributed by atoms with E-state index in [1.54, 1.807) is 12.1 Å². The standard InChI is InChI=1S/C14H17NO2S/c16-13(17)10-3-4-11-12(7-10)18-9-14(8-15-11)5-1-2-6-14/h3-4,7,15H,1-2,5-6,8-9H2,(H,16,17). The van der Waals surface area contributed by atoms with Crippen LogP contribution < -0.4 is 5.32 Å². The molecule has 0 saturated heterocycles. The van der Waals surface area contributed by atoms with Gasteiger partial charge in [-0.05, 0) is 36.5 Å². The molecule has 0 radical (unpaired) electrons.